The summed E-state index contributed by atoms with van der Waals surface area (Å²) in [7, 11) is 3.10. The molecule has 0 saturated carbocycles. The molecule has 0 heterocycles. The molecule has 2 rings (SSSR count). The SMILES string of the molecule is COc1ccc(/C=C(\C)C(=O)Nc2ccc(F)c(Cl)c2)cc1OC. The van der Waals surface area contributed by atoms with E-state index in [1.54, 1.807) is 39.4 Å². The van der Waals surface area contributed by atoms with Crippen LogP contribution in [0.15, 0.2) is 42.0 Å². The Kier molecular flexibility index (Phi) is 5.82. The molecule has 2 aromatic carbocycles. The highest BCUT2D eigenvalue weighted by molar-refractivity contribution is 6.31. The molecule has 0 unspecified atom stereocenters. The van der Waals surface area contributed by atoms with Crippen LogP contribution >= 0.6 is 11.6 Å². The van der Waals surface area contributed by atoms with Gasteiger partial charge in [0.2, 0.25) is 0 Å². The van der Waals surface area contributed by atoms with Crippen LogP contribution in [0.2, 0.25) is 5.02 Å². The van der Waals surface area contributed by atoms with Crippen molar-refractivity contribution in [2.24, 2.45) is 0 Å². The lowest BCUT2D eigenvalue weighted by Crippen LogP contribution is -2.12. The summed E-state index contributed by atoms with van der Waals surface area (Å²) in [5, 5.41) is 2.62. The number of carbonyl (C=O) groups is 1. The van der Waals surface area contributed by atoms with Gasteiger partial charge in [-0.3, -0.25) is 4.79 Å². The van der Waals surface area contributed by atoms with Gasteiger partial charge in [-0.1, -0.05) is 17.7 Å². The third kappa shape index (κ3) is 4.26. The molecule has 1 amide bonds. The first kappa shape index (κ1) is 17.8. The quantitative estimate of drug-likeness (QED) is 0.806. The average Bonchev–Trinajstić information content (AvgIpc) is 2.57. The minimum absolute atomic E-state index is 0.0469. The summed E-state index contributed by atoms with van der Waals surface area (Å²) in [6.45, 7) is 1.68. The highest BCUT2D eigenvalue weighted by Crippen LogP contribution is 2.28. The van der Waals surface area contributed by atoms with Crippen molar-refractivity contribution < 1.29 is 18.7 Å². The second kappa shape index (κ2) is 7.84. The predicted octanol–water partition coefficient (Wildman–Crippen LogP) is 4.54. The minimum Gasteiger partial charge on any atom is -0.493 e. The molecule has 0 spiro atoms. The Labute approximate surface area is 144 Å². The largest absolute Gasteiger partial charge is 0.493 e. The van der Waals surface area contributed by atoms with Gasteiger partial charge >= 0.3 is 0 Å². The van der Waals surface area contributed by atoms with Gasteiger partial charge in [-0.15, -0.1) is 0 Å². The van der Waals surface area contributed by atoms with E-state index in [9.17, 15) is 9.18 Å². The van der Waals surface area contributed by atoms with Crippen molar-refractivity contribution in [2.45, 2.75) is 6.92 Å². The number of carbonyl (C=O) groups excluding carboxylic acids is 1. The fourth-order valence-corrected chi connectivity index (χ4v) is 2.24. The zero-order valence-corrected chi connectivity index (χ0v) is 14.3. The van der Waals surface area contributed by atoms with E-state index in [0.717, 1.165) is 5.56 Å². The highest BCUT2D eigenvalue weighted by Gasteiger charge is 2.09. The zero-order valence-electron chi connectivity index (χ0n) is 13.5. The van der Waals surface area contributed by atoms with E-state index in [1.165, 1.54) is 18.2 Å². The van der Waals surface area contributed by atoms with Crippen LogP contribution in [-0.2, 0) is 4.79 Å². The molecule has 0 fully saturated rings. The number of halogens is 2. The lowest BCUT2D eigenvalue weighted by atomic mass is 10.1. The second-order valence-electron chi connectivity index (χ2n) is 5.02. The van der Waals surface area contributed by atoms with Crippen molar-refractivity contribution in [3.63, 3.8) is 0 Å². The third-order valence-electron chi connectivity index (χ3n) is 3.33. The Morgan fingerprint density at radius 3 is 2.46 bits per heavy atom. The van der Waals surface area contributed by atoms with Crippen LogP contribution in [0.25, 0.3) is 6.08 Å². The normalized spacial score (nSPS) is 11.1. The number of nitrogens with one attached hydrogen (secondary N) is 1. The van der Waals surface area contributed by atoms with Crippen LogP contribution in [0.3, 0.4) is 0 Å². The summed E-state index contributed by atoms with van der Waals surface area (Å²) in [6.07, 6.45) is 1.71. The van der Waals surface area contributed by atoms with Gasteiger partial charge in [-0.05, 0) is 48.9 Å². The molecular weight excluding hydrogens is 333 g/mol. The Hall–Kier alpha value is -2.53. The standard InChI is InChI=1S/C18H17ClFNO3/c1-11(8-12-4-7-16(23-2)17(9-12)24-3)18(22)21-13-5-6-15(20)14(19)10-13/h4-10H,1-3H3,(H,21,22)/b11-8+. The number of amides is 1. The topological polar surface area (TPSA) is 47.6 Å². The summed E-state index contributed by atoms with van der Waals surface area (Å²) in [4.78, 5) is 12.2. The van der Waals surface area contributed by atoms with Crippen molar-refractivity contribution in [2.75, 3.05) is 19.5 Å². The molecular formula is C18H17ClFNO3. The Morgan fingerprint density at radius 2 is 1.83 bits per heavy atom. The molecule has 0 aliphatic carbocycles. The maximum absolute atomic E-state index is 13.1. The van der Waals surface area contributed by atoms with Crippen LogP contribution in [0.4, 0.5) is 10.1 Å². The van der Waals surface area contributed by atoms with Crippen LogP contribution < -0.4 is 14.8 Å². The Morgan fingerprint density at radius 1 is 1.12 bits per heavy atom. The molecule has 4 nitrogen and oxygen atoms in total. The maximum Gasteiger partial charge on any atom is 0.251 e. The lowest BCUT2D eigenvalue weighted by molar-refractivity contribution is -0.112. The first-order chi connectivity index (χ1) is 11.4. The van der Waals surface area contributed by atoms with Crippen molar-refractivity contribution >= 4 is 29.3 Å². The third-order valence-corrected chi connectivity index (χ3v) is 3.62. The number of hydrogen-bond donors (Lipinski definition) is 1. The van der Waals surface area contributed by atoms with E-state index >= 15 is 0 Å². The smallest absolute Gasteiger partial charge is 0.251 e. The van der Waals surface area contributed by atoms with Gasteiger partial charge in [-0.25, -0.2) is 4.39 Å². The monoisotopic (exact) mass is 349 g/mol. The summed E-state index contributed by atoms with van der Waals surface area (Å²) in [5.41, 5.74) is 1.69. The Bertz CT molecular complexity index is 790. The molecule has 0 aromatic heterocycles. The van der Waals surface area contributed by atoms with E-state index < -0.39 is 5.82 Å². The Balaban J connectivity index is 2.17. The molecule has 0 aliphatic heterocycles. The number of benzene rings is 2. The van der Waals surface area contributed by atoms with E-state index in [1.807, 2.05) is 6.07 Å². The number of anilines is 1. The molecule has 0 atom stereocenters. The van der Waals surface area contributed by atoms with E-state index in [-0.39, 0.29) is 10.9 Å². The van der Waals surface area contributed by atoms with Crippen LogP contribution in [0.1, 0.15) is 12.5 Å². The van der Waals surface area contributed by atoms with Gasteiger partial charge in [0.25, 0.3) is 5.91 Å². The van der Waals surface area contributed by atoms with Gasteiger partial charge in [0.1, 0.15) is 5.82 Å². The highest BCUT2D eigenvalue weighted by atomic mass is 35.5. The molecule has 2 aromatic rings. The lowest BCUT2D eigenvalue weighted by Gasteiger charge is -2.09. The number of ether oxygens (including phenoxy) is 2. The first-order valence-corrected chi connectivity index (χ1v) is 7.49. The number of rotatable bonds is 5. The van der Waals surface area contributed by atoms with Crippen LogP contribution in [-0.4, -0.2) is 20.1 Å². The molecule has 24 heavy (non-hydrogen) atoms. The molecule has 0 radical (unpaired) electrons. The number of methoxy groups -OCH3 is 2. The fourth-order valence-electron chi connectivity index (χ4n) is 2.06. The van der Waals surface area contributed by atoms with Crippen molar-refractivity contribution in [1.29, 1.82) is 0 Å². The molecule has 1 N–H and O–H groups in total. The summed E-state index contributed by atoms with van der Waals surface area (Å²) in [6, 6.07) is 9.35. The van der Waals surface area contributed by atoms with Crippen molar-refractivity contribution in [3.8, 4) is 11.5 Å². The van der Waals surface area contributed by atoms with Crippen LogP contribution in [0, 0.1) is 5.82 Å². The van der Waals surface area contributed by atoms with Gasteiger partial charge in [-0.2, -0.15) is 0 Å². The summed E-state index contributed by atoms with van der Waals surface area (Å²) < 4.78 is 23.5. The number of hydrogen-bond acceptors (Lipinski definition) is 3. The van der Waals surface area contributed by atoms with Gasteiger partial charge in [0.05, 0.1) is 19.2 Å². The predicted molar refractivity (Wildman–Crippen MR) is 93.2 cm³/mol. The van der Waals surface area contributed by atoms with E-state index in [0.29, 0.717) is 22.8 Å². The van der Waals surface area contributed by atoms with Crippen molar-refractivity contribution in [3.05, 3.63) is 58.4 Å². The molecule has 0 saturated heterocycles. The summed E-state index contributed by atoms with van der Waals surface area (Å²) >= 11 is 5.70. The summed E-state index contributed by atoms with van der Waals surface area (Å²) in [5.74, 6) is 0.335. The molecule has 126 valence electrons. The first-order valence-electron chi connectivity index (χ1n) is 7.11. The molecule has 0 bridgehead atoms. The van der Waals surface area contributed by atoms with Gasteiger partial charge in [0, 0.05) is 11.3 Å². The van der Waals surface area contributed by atoms with Crippen molar-refractivity contribution in [1.82, 2.24) is 0 Å². The van der Waals surface area contributed by atoms with E-state index in [2.05, 4.69) is 5.32 Å². The van der Waals surface area contributed by atoms with Crippen LogP contribution in [0.5, 0.6) is 11.5 Å². The minimum atomic E-state index is -0.535. The van der Waals surface area contributed by atoms with Gasteiger partial charge in [0.15, 0.2) is 11.5 Å². The fraction of sp³-hybridized carbons (Fsp3) is 0.167. The molecule has 6 heteroatoms. The maximum atomic E-state index is 13.1. The molecule has 0 aliphatic rings. The zero-order chi connectivity index (χ0) is 17.7. The van der Waals surface area contributed by atoms with Gasteiger partial charge < -0.3 is 14.8 Å². The second-order valence-corrected chi connectivity index (χ2v) is 5.43. The average molecular weight is 350 g/mol. The van der Waals surface area contributed by atoms with E-state index in [4.69, 9.17) is 21.1 Å².